The largest absolute Gasteiger partial charge is 0.481 e. The molecule has 0 radical (unpaired) electrons. The van der Waals surface area contributed by atoms with Crippen LogP contribution in [0, 0.1) is 5.92 Å². The summed E-state index contributed by atoms with van der Waals surface area (Å²) in [4.78, 5) is 21.8. The van der Waals surface area contributed by atoms with E-state index in [0.29, 0.717) is 19.3 Å². The van der Waals surface area contributed by atoms with Crippen molar-refractivity contribution < 1.29 is 14.7 Å². The minimum Gasteiger partial charge on any atom is -0.481 e. The minimum atomic E-state index is -0.783. The molecule has 1 amide bonds. The van der Waals surface area contributed by atoms with Crippen LogP contribution in [-0.4, -0.2) is 29.1 Å². The first-order valence-corrected chi connectivity index (χ1v) is 5.29. The summed E-state index contributed by atoms with van der Waals surface area (Å²) in [7, 11) is 0. The molecule has 3 atom stereocenters. The number of carbonyl (C=O) groups is 2. The van der Waals surface area contributed by atoms with Crippen LogP contribution in [0.4, 0.5) is 0 Å². The quantitative estimate of drug-likeness (QED) is 0.618. The van der Waals surface area contributed by atoms with Crippen LogP contribution in [0.3, 0.4) is 0 Å². The number of hydrogen-bond donors (Lipinski definition) is 3. The van der Waals surface area contributed by atoms with E-state index in [1.807, 2.05) is 0 Å². The number of nitrogens with one attached hydrogen (secondary N) is 1. The van der Waals surface area contributed by atoms with E-state index < -0.39 is 12.0 Å². The van der Waals surface area contributed by atoms with Gasteiger partial charge in [0, 0.05) is 6.04 Å². The number of amides is 1. The first kappa shape index (κ1) is 12.0. The number of carbonyl (C=O) groups excluding carboxylic acids is 1. The van der Waals surface area contributed by atoms with Crippen LogP contribution in [0.25, 0.3) is 0 Å². The second-order valence-electron chi connectivity index (χ2n) is 4.21. The molecule has 1 rings (SSSR count). The molecule has 1 saturated heterocycles. The molecule has 5 nitrogen and oxygen atoms in total. The summed E-state index contributed by atoms with van der Waals surface area (Å²) in [5, 5.41) is 11.5. The maximum Gasteiger partial charge on any atom is 0.306 e. The molecular weight excluding hydrogens is 196 g/mol. The van der Waals surface area contributed by atoms with Crippen molar-refractivity contribution in [2.24, 2.45) is 11.7 Å². The van der Waals surface area contributed by atoms with E-state index in [2.05, 4.69) is 5.32 Å². The van der Waals surface area contributed by atoms with Gasteiger partial charge in [-0.3, -0.25) is 9.59 Å². The molecular formula is C10H18N2O3. The molecule has 86 valence electrons. The van der Waals surface area contributed by atoms with Crippen LogP contribution in [0.1, 0.15) is 32.6 Å². The van der Waals surface area contributed by atoms with Gasteiger partial charge in [-0.1, -0.05) is 6.92 Å². The Bertz CT molecular complexity index is 255. The Balaban J connectivity index is 2.28. The molecule has 1 aliphatic heterocycles. The second kappa shape index (κ2) is 5.11. The Labute approximate surface area is 89.0 Å². The summed E-state index contributed by atoms with van der Waals surface area (Å²) >= 11 is 0. The van der Waals surface area contributed by atoms with Crippen LogP contribution in [0.2, 0.25) is 0 Å². The van der Waals surface area contributed by atoms with Crippen molar-refractivity contribution in [3.8, 4) is 0 Å². The molecule has 15 heavy (non-hydrogen) atoms. The average Bonchev–Trinajstić information content (AvgIpc) is 2.19. The number of rotatable bonds is 4. The molecule has 1 heterocycles. The molecule has 1 aliphatic rings. The lowest BCUT2D eigenvalue weighted by Gasteiger charge is -2.27. The first-order chi connectivity index (χ1) is 7.00. The van der Waals surface area contributed by atoms with Crippen molar-refractivity contribution in [3.05, 3.63) is 0 Å². The van der Waals surface area contributed by atoms with Gasteiger partial charge in [0.25, 0.3) is 0 Å². The van der Waals surface area contributed by atoms with Gasteiger partial charge in [0.15, 0.2) is 0 Å². The van der Waals surface area contributed by atoms with Gasteiger partial charge in [0.1, 0.15) is 0 Å². The van der Waals surface area contributed by atoms with E-state index in [9.17, 15) is 9.59 Å². The van der Waals surface area contributed by atoms with Crippen LogP contribution in [0.5, 0.6) is 0 Å². The molecule has 1 unspecified atom stereocenters. The molecule has 4 N–H and O–H groups in total. The maximum atomic E-state index is 11.2. The lowest BCUT2D eigenvalue weighted by atomic mass is 9.94. The van der Waals surface area contributed by atoms with E-state index in [4.69, 9.17) is 10.8 Å². The summed E-state index contributed by atoms with van der Waals surface area (Å²) in [5.74, 6) is -1.25. The number of carboxylic acids is 1. The fraction of sp³-hybridized carbons (Fsp3) is 0.800. The van der Waals surface area contributed by atoms with Gasteiger partial charge < -0.3 is 16.2 Å². The Morgan fingerprint density at radius 1 is 1.67 bits per heavy atom. The predicted octanol–water partition coefficient (Wildman–Crippen LogP) is 0.0932. The molecule has 0 aliphatic carbocycles. The van der Waals surface area contributed by atoms with Gasteiger partial charge in [-0.05, 0) is 25.7 Å². The SMILES string of the molecule is C[C@@H](CCC1CC[C@H](N)C(=O)N1)C(=O)O. The fourth-order valence-electron chi connectivity index (χ4n) is 1.68. The highest BCUT2D eigenvalue weighted by atomic mass is 16.4. The third kappa shape index (κ3) is 3.51. The molecule has 0 saturated carbocycles. The molecule has 0 aromatic heterocycles. The highest BCUT2D eigenvalue weighted by Gasteiger charge is 2.25. The maximum absolute atomic E-state index is 11.2. The molecule has 0 aromatic rings. The number of piperidine rings is 1. The van der Waals surface area contributed by atoms with E-state index >= 15 is 0 Å². The van der Waals surface area contributed by atoms with E-state index in [-0.39, 0.29) is 17.9 Å². The zero-order chi connectivity index (χ0) is 11.4. The first-order valence-electron chi connectivity index (χ1n) is 5.29. The minimum absolute atomic E-state index is 0.0964. The van der Waals surface area contributed by atoms with Crippen LogP contribution < -0.4 is 11.1 Å². The van der Waals surface area contributed by atoms with Gasteiger partial charge in [-0.25, -0.2) is 0 Å². The summed E-state index contributed by atoms with van der Waals surface area (Å²) in [6.07, 6.45) is 2.85. The van der Waals surface area contributed by atoms with Crippen LogP contribution in [0.15, 0.2) is 0 Å². The Hall–Kier alpha value is -1.10. The Kier molecular flexibility index (Phi) is 4.08. The predicted molar refractivity (Wildman–Crippen MR) is 55.2 cm³/mol. The lowest BCUT2D eigenvalue weighted by Crippen LogP contribution is -2.50. The number of hydrogen-bond acceptors (Lipinski definition) is 3. The summed E-state index contributed by atoms with van der Waals surface area (Å²) in [6.45, 7) is 1.68. The summed E-state index contributed by atoms with van der Waals surface area (Å²) in [5.41, 5.74) is 5.54. The van der Waals surface area contributed by atoms with Gasteiger partial charge in [-0.15, -0.1) is 0 Å². The van der Waals surface area contributed by atoms with Crippen LogP contribution in [-0.2, 0) is 9.59 Å². The van der Waals surface area contributed by atoms with Gasteiger partial charge in [0.2, 0.25) is 5.91 Å². The van der Waals surface area contributed by atoms with Crippen molar-refractivity contribution in [2.75, 3.05) is 0 Å². The monoisotopic (exact) mass is 214 g/mol. The zero-order valence-electron chi connectivity index (χ0n) is 8.90. The molecule has 1 fully saturated rings. The molecule has 5 heteroatoms. The average molecular weight is 214 g/mol. The van der Waals surface area contributed by atoms with Gasteiger partial charge in [0.05, 0.1) is 12.0 Å². The highest BCUT2D eigenvalue weighted by Crippen LogP contribution is 2.15. The fourth-order valence-corrected chi connectivity index (χ4v) is 1.68. The van der Waals surface area contributed by atoms with Crippen molar-refractivity contribution >= 4 is 11.9 Å². The highest BCUT2D eigenvalue weighted by molar-refractivity contribution is 5.82. The molecule has 0 bridgehead atoms. The molecule has 0 spiro atoms. The molecule has 0 aromatic carbocycles. The number of nitrogens with two attached hydrogens (primary N) is 1. The third-order valence-electron chi connectivity index (χ3n) is 2.88. The van der Waals surface area contributed by atoms with E-state index in [1.54, 1.807) is 6.92 Å². The Morgan fingerprint density at radius 3 is 2.87 bits per heavy atom. The smallest absolute Gasteiger partial charge is 0.306 e. The van der Waals surface area contributed by atoms with Crippen molar-refractivity contribution in [3.63, 3.8) is 0 Å². The van der Waals surface area contributed by atoms with Crippen molar-refractivity contribution in [1.82, 2.24) is 5.32 Å². The van der Waals surface area contributed by atoms with Gasteiger partial charge >= 0.3 is 5.97 Å². The van der Waals surface area contributed by atoms with E-state index in [1.165, 1.54) is 0 Å². The van der Waals surface area contributed by atoms with Gasteiger partial charge in [-0.2, -0.15) is 0 Å². The normalized spacial score (nSPS) is 28.3. The van der Waals surface area contributed by atoms with E-state index in [0.717, 1.165) is 6.42 Å². The Morgan fingerprint density at radius 2 is 2.33 bits per heavy atom. The topological polar surface area (TPSA) is 92.4 Å². The lowest BCUT2D eigenvalue weighted by molar-refractivity contribution is -0.141. The zero-order valence-corrected chi connectivity index (χ0v) is 8.90. The number of aliphatic carboxylic acids is 1. The summed E-state index contributed by atoms with van der Waals surface area (Å²) in [6, 6.07) is -0.294. The van der Waals surface area contributed by atoms with Crippen molar-refractivity contribution in [2.45, 2.75) is 44.7 Å². The van der Waals surface area contributed by atoms with Crippen molar-refractivity contribution in [1.29, 1.82) is 0 Å². The number of carboxylic acid groups (broad SMARTS) is 1. The van der Waals surface area contributed by atoms with Crippen LogP contribution >= 0.6 is 0 Å². The second-order valence-corrected chi connectivity index (χ2v) is 4.21. The summed E-state index contributed by atoms with van der Waals surface area (Å²) < 4.78 is 0. The third-order valence-corrected chi connectivity index (χ3v) is 2.88. The standard InChI is InChI=1S/C10H18N2O3/c1-6(10(14)15)2-3-7-4-5-8(11)9(13)12-7/h6-8H,2-5,11H2,1H3,(H,12,13)(H,14,15)/t6-,7?,8-/m0/s1.